The normalized spacial score (nSPS) is 27.9. The molecule has 0 aromatic carbocycles. The fourth-order valence-corrected chi connectivity index (χ4v) is 4.29. The average molecular weight is 369 g/mol. The van der Waals surface area contributed by atoms with Gasteiger partial charge in [0, 0.05) is 6.20 Å². The van der Waals surface area contributed by atoms with Crippen LogP contribution in [0.5, 0.6) is 0 Å². The zero-order chi connectivity index (χ0) is 17.6. The van der Waals surface area contributed by atoms with Crippen molar-refractivity contribution in [3.8, 4) is 0 Å². The van der Waals surface area contributed by atoms with Gasteiger partial charge in [-0.25, -0.2) is 4.98 Å². The van der Waals surface area contributed by atoms with Crippen molar-refractivity contribution in [1.29, 1.82) is 0 Å². The first-order chi connectivity index (χ1) is 11.2. The SMILES string of the molecule is C=P(C)(C)CC[C@H]1OC(n2ccc3c(=S)[nH]c(C)nc32)[C@H](O)[C@@H]1O. The molecule has 132 valence electrons. The van der Waals surface area contributed by atoms with E-state index < -0.39 is 31.4 Å². The quantitative estimate of drug-likeness (QED) is 0.568. The minimum Gasteiger partial charge on any atom is -0.388 e. The van der Waals surface area contributed by atoms with Crippen molar-refractivity contribution < 1.29 is 14.9 Å². The molecule has 0 spiro atoms. The summed E-state index contributed by atoms with van der Waals surface area (Å²) in [5.41, 5.74) is 0.651. The number of aromatic nitrogens is 3. The molecule has 2 aromatic rings. The fraction of sp³-hybridized carbons (Fsp3) is 0.562. The Hall–Kier alpha value is -0.980. The lowest BCUT2D eigenvalue weighted by Crippen LogP contribution is -2.31. The molecule has 3 heterocycles. The van der Waals surface area contributed by atoms with Gasteiger partial charge in [0.2, 0.25) is 0 Å². The van der Waals surface area contributed by atoms with Crippen molar-refractivity contribution in [2.45, 2.75) is 37.9 Å². The Balaban J connectivity index is 1.90. The van der Waals surface area contributed by atoms with E-state index in [4.69, 9.17) is 17.0 Å². The highest BCUT2D eigenvalue weighted by Gasteiger charge is 2.43. The van der Waals surface area contributed by atoms with Crippen LogP contribution in [0.15, 0.2) is 12.3 Å². The Labute approximate surface area is 146 Å². The number of H-pyrrole nitrogens is 1. The molecule has 1 unspecified atom stereocenters. The number of rotatable bonds is 4. The van der Waals surface area contributed by atoms with Crippen LogP contribution in [0.3, 0.4) is 0 Å². The summed E-state index contributed by atoms with van der Waals surface area (Å²) in [5, 5.41) is 21.6. The first-order valence-electron chi connectivity index (χ1n) is 7.94. The van der Waals surface area contributed by atoms with Crippen LogP contribution in [0, 0.1) is 11.6 Å². The van der Waals surface area contributed by atoms with E-state index in [1.165, 1.54) is 0 Å². The molecule has 1 aliphatic rings. The zero-order valence-electron chi connectivity index (χ0n) is 14.1. The molecule has 1 aliphatic heterocycles. The highest BCUT2D eigenvalue weighted by molar-refractivity contribution is 7.72. The summed E-state index contributed by atoms with van der Waals surface area (Å²) in [5.74, 6) is 0.695. The van der Waals surface area contributed by atoms with Gasteiger partial charge in [-0.15, -0.1) is 13.2 Å². The molecule has 0 bridgehead atoms. The molecular formula is C16H24N3O3PS. The second kappa shape index (κ2) is 6.39. The standard InChI is InChI=1S/C16H24N3O3PS/c1-9-17-14-10(15(24)18-9)5-7-19(14)16-13(21)12(20)11(22-16)6-8-23(2,3)4/h5,7,11-13,16,20-21H,2,6,8H2,1,3-4H3,(H,17,18,24)/t11-,12-,13-,16?/m1/s1. The Morgan fingerprint density at radius 1 is 1.42 bits per heavy atom. The van der Waals surface area contributed by atoms with Gasteiger partial charge in [0.25, 0.3) is 0 Å². The van der Waals surface area contributed by atoms with E-state index in [9.17, 15) is 10.2 Å². The molecule has 1 fully saturated rings. The van der Waals surface area contributed by atoms with Crippen LogP contribution in [0.25, 0.3) is 11.0 Å². The summed E-state index contributed by atoms with van der Waals surface area (Å²) >= 11 is 5.32. The van der Waals surface area contributed by atoms with Gasteiger partial charge >= 0.3 is 0 Å². The molecule has 3 rings (SSSR count). The van der Waals surface area contributed by atoms with Gasteiger partial charge in [-0.05, 0) is 38.9 Å². The number of aliphatic hydroxyl groups is 2. The Morgan fingerprint density at radius 2 is 2.12 bits per heavy atom. The van der Waals surface area contributed by atoms with Gasteiger partial charge in [-0.1, -0.05) is 12.2 Å². The van der Waals surface area contributed by atoms with Crippen molar-refractivity contribution in [3.63, 3.8) is 0 Å². The van der Waals surface area contributed by atoms with Crippen LogP contribution in [0.1, 0.15) is 18.5 Å². The number of hydrogen-bond acceptors (Lipinski definition) is 5. The highest BCUT2D eigenvalue weighted by atomic mass is 32.1. The molecule has 0 aliphatic carbocycles. The van der Waals surface area contributed by atoms with E-state index in [0.717, 1.165) is 11.5 Å². The van der Waals surface area contributed by atoms with Gasteiger partial charge in [-0.3, -0.25) is 0 Å². The third-order valence-corrected chi connectivity index (χ3v) is 6.12. The maximum atomic E-state index is 10.5. The Bertz CT molecular complexity index is 856. The first kappa shape index (κ1) is 17.8. The lowest BCUT2D eigenvalue weighted by molar-refractivity contribution is -0.0350. The van der Waals surface area contributed by atoms with Crippen molar-refractivity contribution in [2.75, 3.05) is 19.5 Å². The average Bonchev–Trinajstić information content (AvgIpc) is 3.00. The molecule has 0 radical (unpaired) electrons. The van der Waals surface area contributed by atoms with Crippen LogP contribution in [0.2, 0.25) is 0 Å². The van der Waals surface area contributed by atoms with E-state index >= 15 is 0 Å². The molecule has 4 atom stereocenters. The van der Waals surface area contributed by atoms with Crippen LogP contribution < -0.4 is 0 Å². The van der Waals surface area contributed by atoms with Crippen molar-refractivity contribution >= 4 is 36.4 Å². The number of aromatic amines is 1. The fourth-order valence-electron chi connectivity index (χ4n) is 3.03. The van der Waals surface area contributed by atoms with Crippen LogP contribution >= 0.6 is 19.1 Å². The number of hydrogen-bond donors (Lipinski definition) is 3. The monoisotopic (exact) mass is 369 g/mol. The van der Waals surface area contributed by atoms with E-state index in [1.807, 2.05) is 13.0 Å². The third kappa shape index (κ3) is 3.37. The third-order valence-electron chi connectivity index (χ3n) is 4.33. The molecule has 24 heavy (non-hydrogen) atoms. The van der Waals surface area contributed by atoms with Gasteiger partial charge in [-0.2, -0.15) is 0 Å². The second-order valence-corrected chi connectivity index (χ2v) is 11.8. The van der Waals surface area contributed by atoms with Crippen LogP contribution in [-0.2, 0) is 4.74 Å². The predicted molar refractivity (Wildman–Crippen MR) is 101 cm³/mol. The summed E-state index contributed by atoms with van der Waals surface area (Å²) in [6.45, 7) is 4.92. The van der Waals surface area contributed by atoms with Gasteiger partial charge < -0.3 is 24.5 Å². The number of aliphatic hydroxyl groups excluding tert-OH is 2. The summed E-state index contributed by atoms with van der Waals surface area (Å²) in [6.07, 6.45) is 4.58. The molecule has 6 nitrogen and oxygen atoms in total. The van der Waals surface area contributed by atoms with Crippen LogP contribution in [0.4, 0.5) is 0 Å². The second-order valence-electron chi connectivity index (χ2n) is 7.11. The molecule has 8 heteroatoms. The smallest absolute Gasteiger partial charge is 0.164 e. The number of ether oxygens (including phenoxy) is 1. The summed E-state index contributed by atoms with van der Waals surface area (Å²) < 4.78 is 8.34. The topological polar surface area (TPSA) is 83.3 Å². The van der Waals surface area contributed by atoms with E-state index in [2.05, 4.69) is 29.6 Å². The largest absolute Gasteiger partial charge is 0.388 e. The maximum absolute atomic E-state index is 10.5. The summed E-state index contributed by atoms with van der Waals surface area (Å²) in [6, 6.07) is 1.85. The predicted octanol–water partition coefficient (Wildman–Crippen LogP) is 2.12. The van der Waals surface area contributed by atoms with Crippen molar-refractivity contribution in [2.24, 2.45) is 0 Å². The number of nitrogens with zero attached hydrogens (tertiary/aromatic N) is 2. The van der Waals surface area contributed by atoms with Gasteiger partial charge in [0.05, 0.1) is 11.5 Å². The van der Waals surface area contributed by atoms with Crippen molar-refractivity contribution in [1.82, 2.24) is 14.5 Å². The number of fused-ring (bicyclic) bond motifs is 1. The molecule has 2 aromatic heterocycles. The molecule has 1 saturated heterocycles. The maximum Gasteiger partial charge on any atom is 0.164 e. The Kier molecular flexibility index (Phi) is 4.75. The lowest BCUT2D eigenvalue weighted by Gasteiger charge is -2.19. The lowest BCUT2D eigenvalue weighted by atomic mass is 10.1. The molecule has 0 amide bonds. The minimum absolute atomic E-state index is 0.400. The van der Waals surface area contributed by atoms with E-state index in [1.54, 1.807) is 10.8 Å². The van der Waals surface area contributed by atoms with Gasteiger partial charge in [0.15, 0.2) is 6.23 Å². The first-order valence-corrected chi connectivity index (χ1v) is 11.4. The zero-order valence-corrected chi connectivity index (χ0v) is 15.8. The Morgan fingerprint density at radius 3 is 2.79 bits per heavy atom. The van der Waals surface area contributed by atoms with Gasteiger partial charge in [0.1, 0.15) is 28.3 Å². The molecule has 3 N–H and O–H groups in total. The summed E-state index contributed by atoms with van der Waals surface area (Å²) in [7, 11) is 0. The molecule has 0 saturated carbocycles. The number of nitrogens with one attached hydrogen (secondary N) is 1. The van der Waals surface area contributed by atoms with Crippen LogP contribution in [-0.4, -0.2) is 68.9 Å². The number of aryl methyl sites for hydroxylation is 1. The van der Waals surface area contributed by atoms with E-state index in [-0.39, 0.29) is 0 Å². The van der Waals surface area contributed by atoms with Crippen molar-refractivity contribution in [3.05, 3.63) is 22.7 Å². The minimum atomic E-state index is -1.21. The highest BCUT2D eigenvalue weighted by Crippen LogP contribution is 2.40. The molecular weight excluding hydrogens is 345 g/mol. The summed E-state index contributed by atoms with van der Waals surface area (Å²) in [4.78, 5) is 7.49. The van der Waals surface area contributed by atoms with E-state index in [0.29, 0.717) is 22.5 Å².